The lowest BCUT2D eigenvalue weighted by molar-refractivity contribution is -0.0756. The van der Waals surface area contributed by atoms with Gasteiger partial charge in [-0.15, -0.1) is 0 Å². The van der Waals surface area contributed by atoms with E-state index in [0.29, 0.717) is 27.8 Å². The summed E-state index contributed by atoms with van der Waals surface area (Å²) in [5, 5.41) is 1.61. The number of amides is 1. The highest BCUT2D eigenvalue weighted by Gasteiger charge is 2.13. The number of benzene rings is 1. The van der Waals surface area contributed by atoms with Gasteiger partial charge in [0.2, 0.25) is 0 Å². The van der Waals surface area contributed by atoms with Crippen LogP contribution < -0.4 is 5.56 Å². The van der Waals surface area contributed by atoms with Crippen LogP contribution in [0.15, 0.2) is 23.0 Å². The third kappa shape index (κ3) is 2.37. The van der Waals surface area contributed by atoms with E-state index in [0.717, 1.165) is 5.06 Å². The van der Waals surface area contributed by atoms with Crippen LogP contribution in [0.4, 0.5) is 0 Å². The third-order valence-corrected chi connectivity index (χ3v) is 3.43. The number of hydrogen-bond acceptors (Lipinski definition) is 4. The fourth-order valence-electron chi connectivity index (χ4n) is 1.94. The van der Waals surface area contributed by atoms with Crippen LogP contribution in [0, 0.1) is 4.77 Å². The molecule has 0 radical (unpaired) electrons. The molecule has 1 aromatic heterocycles. The number of hydrogen-bond donors (Lipinski definition) is 1. The molecule has 0 unspecified atom stereocenters. The normalized spacial score (nSPS) is 10.8. The highest BCUT2D eigenvalue weighted by atomic mass is 32.1. The zero-order valence-corrected chi connectivity index (χ0v) is 12.3. The van der Waals surface area contributed by atoms with E-state index in [4.69, 9.17) is 17.1 Å². The molecule has 0 fully saturated rings. The first-order valence-electron chi connectivity index (χ1n) is 6.08. The zero-order valence-electron chi connectivity index (χ0n) is 11.5. The largest absolute Gasteiger partial charge is 0.332 e. The maximum atomic E-state index is 12.2. The van der Waals surface area contributed by atoms with Crippen molar-refractivity contribution in [2.75, 3.05) is 14.2 Å². The molecule has 0 aliphatic heterocycles. The average molecular weight is 293 g/mol. The molecular weight excluding hydrogens is 278 g/mol. The second-order valence-electron chi connectivity index (χ2n) is 4.23. The maximum Gasteiger partial charge on any atom is 0.277 e. The van der Waals surface area contributed by atoms with Gasteiger partial charge in [0, 0.05) is 19.2 Å². The summed E-state index contributed by atoms with van der Waals surface area (Å²) in [5.41, 5.74) is 0.798. The molecule has 2 rings (SSSR count). The molecule has 106 valence electrons. The number of aromatic amines is 1. The first-order chi connectivity index (χ1) is 9.49. The summed E-state index contributed by atoms with van der Waals surface area (Å²) in [6, 6.07) is 4.81. The van der Waals surface area contributed by atoms with Crippen molar-refractivity contribution in [2.24, 2.45) is 0 Å². The van der Waals surface area contributed by atoms with E-state index in [1.807, 2.05) is 6.92 Å². The first kappa shape index (κ1) is 14.4. The van der Waals surface area contributed by atoms with Gasteiger partial charge in [0.15, 0.2) is 4.77 Å². The van der Waals surface area contributed by atoms with Gasteiger partial charge in [0.25, 0.3) is 11.5 Å². The predicted octanol–water partition coefficient (Wildman–Crippen LogP) is 1.71. The number of carbonyl (C=O) groups excluding carboxylic acids is 1. The Balaban J connectivity index is 2.65. The van der Waals surface area contributed by atoms with Gasteiger partial charge in [0.1, 0.15) is 0 Å². The number of rotatable bonds is 3. The summed E-state index contributed by atoms with van der Waals surface area (Å²) in [4.78, 5) is 32.0. The maximum absolute atomic E-state index is 12.2. The highest BCUT2D eigenvalue weighted by molar-refractivity contribution is 7.71. The minimum atomic E-state index is -0.298. The molecule has 2 aromatic rings. The van der Waals surface area contributed by atoms with Crippen LogP contribution in [0.2, 0.25) is 0 Å². The Labute approximate surface area is 120 Å². The molecule has 1 amide bonds. The SMILES string of the molecule is CCn1c(=S)[nH]c2cc(C(=O)N(C)OC)ccc2c1=O. The quantitative estimate of drug-likeness (QED) is 0.691. The van der Waals surface area contributed by atoms with E-state index in [1.165, 1.54) is 18.7 Å². The summed E-state index contributed by atoms with van der Waals surface area (Å²) >= 11 is 5.14. The predicted molar refractivity (Wildman–Crippen MR) is 78.2 cm³/mol. The minimum absolute atomic E-state index is 0.162. The van der Waals surface area contributed by atoms with Crippen LogP contribution >= 0.6 is 12.2 Å². The van der Waals surface area contributed by atoms with Gasteiger partial charge >= 0.3 is 0 Å². The van der Waals surface area contributed by atoms with Crippen molar-refractivity contribution < 1.29 is 9.63 Å². The number of carbonyl (C=O) groups is 1. The molecular formula is C13H15N3O3S. The number of hydroxylamine groups is 2. The van der Waals surface area contributed by atoms with E-state index in [-0.39, 0.29) is 11.5 Å². The summed E-state index contributed by atoms with van der Waals surface area (Å²) in [5.74, 6) is -0.298. The Hall–Kier alpha value is -1.99. The van der Waals surface area contributed by atoms with E-state index in [1.54, 1.807) is 18.2 Å². The molecule has 0 atom stereocenters. The molecule has 0 aliphatic carbocycles. The Morgan fingerprint density at radius 3 is 2.80 bits per heavy atom. The number of nitrogens with one attached hydrogen (secondary N) is 1. The van der Waals surface area contributed by atoms with Crippen LogP contribution in [-0.4, -0.2) is 34.7 Å². The van der Waals surface area contributed by atoms with Gasteiger partial charge in [-0.25, -0.2) is 5.06 Å². The number of fused-ring (bicyclic) bond motifs is 1. The second-order valence-corrected chi connectivity index (χ2v) is 4.61. The molecule has 0 saturated heterocycles. The van der Waals surface area contributed by atoms with Crippen LogP contribution in [0.3, 0.4) is 0 Å². The second kappa shape index (κ2) is 5.56. The number of aromatic nitrogens is 2. The van der Waals surface area contributed by atoms with E-state index in [9.17, 15) is 9.59 Å². The van der Waals surface area contributed by atoms with E-state index < -0.39 is 0 Å². The molecule has 20 heavy (non-hydrogen) atoms. The van der Waals surface area contributed by atoms with Crippen LogP contribution in [0.25, 0.3) is 10.9 Å². The monoisotopic (exact) mass is 293 g/mol. The summed E-state index contributed by atoms with van der Waals surface area (Å²) < 4.78 is 1.81. The Kier molecular flexibility index (Phi) is 4.01. The Morgan fingerprint density at radius 1 is 1.50 bits per heavy atom. The average Bonchev–Trinajstić information content (AvgIpc) is 2.45. The third-order valence-electron chi connectivity index (χ3n) is 3.10. The van der Waals surface area contributed by atoms with E-state index >= 15 is 0 Å². The van der Waals surface area contributed by atoms with Crippen molar-refractivity contribution in [1.82, 2.24) is 14.6 Å². The molecule has 0 saturated carbocycles. The van der Waals surface area contributed by atoms with Crippen LogP contribution in [-0.2, 0) is 11.4 Å². The van der Waals surface area contributed by atoms with Gasteiger partial charge in [-0.2, -0.15) is 0 Å². The molecule has 7 heteroatoms. The fraction of sp³-hybridized carbons (Fsp3) is 0.308. The van der Waals surface area contributed by atoms with Crippen molar-refractivity contribution in [3.63, 3.8) is 0 Å². The molecule has 0 aliphatic rings. The Morgan fingerprint density at radius 2 is 2.20 bits per heavy atom. The van der Waals surface area contributed by atoms with Crippen LogP contribution in [0.1, 0.15) is 17.3 Å². The zero-order chi connectivity index (χ0) is 14.9. The fourth-order valence-corrected chi connectivity index (χ4v) is 2.26. The van der Waals surface area contributed by atoms with E-state index in [2.05, 4.69) is 4.98 Å². The highest BCUT2D eigenvalue weighted by Crippen LogP contribution is 2.12. The summed E-state index contributed by atoms with van der Waals surface area (Å²) in [6.45, 7) is 2.35. The van der Waals surface area contributed by atoms with Crippen LogP contribution in [0.5, 0.6) is 0 Å². The van der Waals surface area contributed by atoms with Crippen molar-refractivity contribution in [2.45, 2.75) is 13.5 Å². The van der Waals surface area contributed by atoms with Crippen molar-refractivity contribution in [1.29, 1.82) is 0 Å². The van der Waals surface area contributed by atoms with Gasteiger partial charge in [-0.3, -0.25) is 19.0 Å². The molecule has 1 heterocycles. The molecule has 1 N–H and O–H groups in total. The first-order valence-corrected chi connectivity index (χ1v) is 6.49. The van der Waals surface area contributed by atoms with Crippen molar-refractivity contribution in [3.05, 3.63) is 38.9 Å². The number of H-pyrrole nitrogens is 1. The summed E-state index contributed by atoms with van der Waals surface area (Å²) in [6.07, 6.45) is 0. The smallest absolute Gasteiger partial charge is 0.277 e. The molecule has 0 spiro atoms. The minimum Gasteiger partial charge on any atom is -0.332 e. The van der Waals surface area contributed by atoms with Crippen molar-refractivity contribution >= 4 is 29.0 Å². The van der Waals surface area contributed by atoms with Gasteiger partial charge in [0.05, 0.1) is 18.0 Å². The summed E-state index contributed by atoms with van der Waals surface area (Å²) in [7, 11) is 2.93. The topological polar surface area (TPSA) is 67.3 Å². The number of nitrogens with zero attached hydrogens (tertiary/aromatic N) is 2. The van der Waals surface area contributed by atoms with Gasteiger partial charge in [-0.1, -0.05) is 0 Å². The molecule has 0 bridgehead atoms. The van der Waals surface area contributed by atoms with Gasteiger partial charge < -0.3 is 4.98 Å². The lowest BCUT2D eigenvalue weighted by Crippen LogP contribution is -2.26. The standard InChI is InChI=1S/C13H15N3O3S/c1-4-16-12(18)9-6-5-8(11(17)15(2)19-3)7-10(9)14-13(16)20/h5-7H,4H2,1-3H3,(H,14,20). The van der Waals surface area contributed by atoms with Gasteiger partial charge in [-0.05, 0) is 37.3 Å². The Bertz CT molecular complexity index is 779. The lowest BCUT2D eigenvalue weighted by atomic mass is 10.1. The molecule has 6 nitrogen and oxygen atoms in total. The lowest BCUT2D eigenvalue weighted by Gasteiger charge is -2.14. The molecule has 1 aromatic carbocycles. The van der Waals surface area contributed by atoms with Crippen molar-refractivity contribution in [3.8, 4) is 0 Å².